The number of aromatic nitrogens is 2. The minimum absolute atomic E-state index is 0.0770. The lowest BCUT2D eigenvalue weighted by Crippen LogP contribution is -1.94. The van der Waals surface area contributed by atoms with E-state index < -0.39 is 0 Å². The van der Waals surface area contributed by atoms with Crippen LogP contribution in [0.4, 0.5) is 0 Å². The first kappa shape index (κ1) is 19.9. The molecule has 0 radical (unpaired) electrons. The molecule has 1 heterocycles. The number of rotatable bonds is 6. The molecular weight excluding hydrogens is 440 g/mol. The van der Waals surface area contributed by atoms with Gasteiger partial charge < -0.3 is 4.74 Å². The molecule has 0 N–H and O–H groups in total. The Kier molecular flexibility index (Phi) is 5.91. The number of methoxy groups -OCH3 is 1. The second-order valence-electron chi connectivity index (χ2n) is 6.65. The molecule has 148 valence electrons. The Balaban J connectivity index is 1.69. The van der Waals surface area contributed by atoms with Crippen LogP contribution in [0.2, 0.25) is 0 Å². The number of nitrogens with zero attached hydrogens (tertiary/aromatic N) is 2. The molecule has 1 aromatic heterocycles. The number of carbonyl (C=O) groups excluding carboxylic acids is 1. The zero-order valence-electron chi connectivity index (χ0n) is 16.3. The van der Waals surface area contributed by atoms with Gasteiger partial charge in [0.05, 0.1) is 18.5 Å². The fourth-order valence-electron chi connectivity index (χ4n) is 3.07. The number of allylic oxidation sites excluding steroid dienone is 1. The summed E-state index contributed by atoms with van der Waals surface area (Å²) in [4.78, 5) is 12.6. The van der Waals surface area contributed by atoms with Crippen molar-refractivity contribution in [3.8, 4) is 22.7 Å². The number of hydrogen-bond acceptors (Lipinski definition) is 3. The molecule has 5 heteroatoms. The van der Waals surface area contributed by atoms with E-state index in [0.29, 0.717) is 5.56 Å². The third kappa shape index (κ3) is 4.42. The molecule has 30 heavy (non-hydrogen) atoms. The van der Waals surface area contributed by atoms with Crippen LogP contribution in [0.15, 0.2) is 95.6 Å². The van der Waals surface area contributed by atoms with Crippen LogP contribution in [0.1, 0.15) is 15.9 Å². The maximum Gasteiger partial charge on any atom is 0.185 e. The van der Waals surface area contributed by atoms with Crippen LogP contribution in [0, 0.1) is 0 Å². The number of ketones is 1. The number of benzene rings is 3. The minimum atomic E-state index is -0.0770. The van der Waals surface area contributed by atoms with Gasteiger partial charge in [-0.05, 0) is 60.7 Å². The van der Waals surface area contributed by atoms with Gasteiger partial charge in [0.2, 0.25) is 0 Å². The molecule has 4 aromatic rings. The van der Waals surface area contributed by atoms with Crippen LogP contribution < -0.4 is 4.74 Å². The number of hydrogen-bond donors (Lipinski definition) is 0. The lowest BCUT2D eigenvalue weighted by atomic mass is 10.1. The average Bonchev–Trinajstić information content (AvgIpc) is 3.23. The van der Waals surface area contributed by atoms with E-state index in [0.717, 1.165) is 32.7 Å². The predicted molar refractivity (Wildman–Crippen MR) is 123 cm³/mol. The first-order valence-corrected chi connectivity index (χ1v) is 10.2. The van der Waals surface area contributed by atoms with Gasteiger partial charge in [0.1, 0.15) is 5.75 Å². The Hall–Kier alpha value is -3.44. The summed E-state index contributed by atoms with van der Waals surface area (Å²) >= 11 is 3.47. The molecular formula is C25H19BrN2O2. The molecule has 0 unspecified atom stereocenters. The normalized spacial score (nSPS) is 11.0. The highest BCUT2D eigenvalue weighted by Crippen LogP contribution is 2.26. The first-order chi connectivity index (χ1) is 14.6. The topological polar surface area (TPSA) is 44.1 Å². The summed E-state index contributed by atoms with van der Waals surface area (Å²) in [6.45, 7) is 0. The third-order valence-electron chi connectivity index (χ3n) is 4.67. The summed E-state index contributed by atoms with van der Waals surface area (Å²) in [5.41, 5.74) is 4.21. The fraction of sp³-hybridized carbons (Fsp3) is 0.0400. The highest BCUT2D eigenvalue weighted by atomic mass is 79.9. The van der Waals surface area contributed by atoms with Crippen molar-refractivity contribution in [3.63, 3.8) is 0 Å². The van der Waals surface area contributed by atoms with Crippen LogP contribution in [0.25, 0.3) is 23.0 Å². The molecule has 0 fully saturated rings. The third-order valence-corrected chi connectivity index (χ3v) is 5.20. The summed E-state index contributed by atoms with van der Waals surface area (Å²) < 4.78 is 7.98. The van der Waals surface area contributed by atoms with E-state index in [4.69, 9.17) is 9.84 Å². The van der Waals surface area contributed by atoms with Crippen LogP contribution in [0.5, 0.6) is 5.75 Å². The van der Waals surface area contributed by atoms with Crippen LogP contribution >= 0.6 is 15.9 Å². The van der Waals surface area contributed by atoms with Crippen molar-refractivity contribution in [1.82, 2.24) is 9.78 Å². The van der Waals surface area contributed by atoms with Gasteiger partial charge in [0.15, 0.2) is 5.78 Å². The van der Waals surface area contributed by atoms with Crippen molar-refractivity contribution in [2.75, 3.05) is 7.11 Å². The Morgan fingerprint density at radius 3 is 2.33 bits per heavy atom. The van der Waals surface area contributed by atoms with Gasteiger partial charge >= 0.3 is 0 Å². The molecule has 0 bridgehead atoms. The fourth-order valence-corrected chi connectivity index (χ4v) is 3.34. The lowest BCUT2D eigenvalue weighted by molar-refractivity contribution is 0.104. The number of para-hydroxylation sites is 1. The predicted octanol–water partition coefficient (Wildman–Crippen LogP) is 6.21. The zero-order valence-corrected chi connectivity index (χ0v) is 17.9. The van der Waals surface area contributed by atoms with Crippen molar-refractivity contribution in [2.45, 2.75) is 0 Å². The van der Waals surface area contributed by atoms with E-state index in [1.165, 1.54) is 0 Å². The quantitative estimate of drug-likeness (QED) is 0.255. The summed E-state index contributed by atoms with van der Waals surface area (Å²) in [5, 5.41) is 4.78. The molecule has 4 nitrogen and oxygen atoms in total. The monoisotopic (exact) mass is 458 g/mol. The van der Waals surface area contributed by atoms with Crippen molar-refractivity contribution in [3.05, 3.63) is 107 Å². The molecule has 0 aliphatic rings. The standard InChI is InChI=1S/C25H19BrN2O2/c1-30-23-14-9-18(10-15-23)24(29)16-11-20-17-28(22-5-3-2-4-6-22)27-25(20)19-7-12-21(26)13-8-19/h2-17H,1H3/b16-11+. The molecule has 0 saturated heterocycles. The van der Waals surface area contributed by atoms with Gasteiger partial charge in [-0.3, -0.25) is 4.79 Å². The van der Waals surface area contributed by atoms with Crippen molar-refractivity contribution in [2.24, 2.45) is 0 Å². The van der Waals surface area contributed by atoms with Gasteiger partial charge in [-0.2, -0.15) is 5.10 Å². The van der Waals surface area contributed by atoms with E-state index >= 15 is 0 Å². The summed E-state index contributed by atoms with van der Waals surface area (Å²) in [7, 11) is 1.60. The van der Waals surface area contributed by atoms with E-state index in [-0.39, 0.29) is 5.78 Å². The van der Waals surface area contributed by atoms with Gasteiger partial charge in [0, 0.05) is 27.4 Å². The Labute approximate surface area is 183 Å². The Morgan fingerprint density at radius 2 is 1.67 bits per heavy atom. The zero-order chi connectivity index (χ0) is 20.9. The molecule has 4 rings (SSSR count). The highest BCUT2D eigenvalue weighted by molar-refractivity contribution is 9.10. The van der Waals surface area contributed by atoms with Crippen molar-refractivity contribution >= 4 is 27.8 Å². The number of halogens is 1. The first-order valence-electron chi connectivity index (χ1n) is 9.41. The van der Waals surface area contributed by atoms with Crippen molar-refractivity contribution < 1.29 is 9.53 Å². The second kappa shape index (κ2) is 8.93. The van der Waals surface area contributed by atoms with Crippen LogP contribution in [-0.4, -0.2) is 22.7 Å². The molecule has 0 spiro atoms. The van der Waals surface area contributed by atoms with E-state index in [2.05, 4.69) is 15.9 Å². The molecule has 0 aliphatic heterocycles. The lowest BCUT2D eigenvalue weighted by Gasteiger charge is -2.01. The molecule has 3 aromatic carbocycles. The molecule has 0 aliphatic carbocycles. The second-order valence-corrected chi connectivity index (χ2v) is 7.56. The number of ether oxygens (including phenoxy) is 1. The highest BCUT2D eigenvalue weighted by Gasteiger charge is 2.11. The van der Waals surface area contributed by atoms with Gasteiger partial charge in [-0.15, -0.1) is 0 Å². The number of carbonyl (C=O) groups is 1. The summed E-state index contributed by atoms with van der Waals surface area (Å²) in [6, 6.07) is 24.9. The maximum atomic E-state index is 12.6. The van der Waals surface area contributed by atoms with Gasteiger partial charge in [-0.1, -0.05) is 46.3 Å². The SMILES string of the molecule is COc1ccc(C(=O)/C=C/c2cn(-c3ccccc3)nc2-c2ccc(Br)cc2)cc1. The Bertz CT molecular complexity index is 1180. The van der Waals surface area contributed by atoms with E-state index in [1.807, 2.05) is 71.6 Å². The Morgan fingerprint density at radius 1 is 0.967 bits per heavy atom. The molecule has 0 amide bonds. The van der Waals surface area contributed by atoms with Crippen LogP contribution in [-0.2, 0) is 0 Å². The maximum absolute atomic E-state index is 12.6. The summed E-state index contributed by atoms with van der Waals surface area (Å²) in [6.07, 6.45) is 5.33. The largest absolute Gasteiger partial charge is 0.497 e. The van der Waals surface area contributed by atoms with Gasteiger partial charge in [-0.25, -0.2) is 4.68 Å². The molecule has 0 saturated carbocycles. The van der Waals surface area contributed by atoms with Crippen LogP contribution in [0.3, 0.4) is 0 Å². The van der Waals surface area contributed by atoms with Gasteiger partial charge in [0.25, 0.3) is 0 Å². The average molecular weight is 459 g/mol. The summed E-state index contributed by atoms with van der Waals surface area (Å²) in [5.74, 6) is 0.643. The smallest absolute Gasteiger partial charge is 0.185 e. The van der Waals surface area contributed by atoms with E-state index in [1.54, 1.807) is 37.5 Å². The van der Waals surface area contributed by atoms with E-state index in [9.17, 15) is 4.79 Å². The van der Waals surface area contributed by atoms with Crippen molar-refractivity contribution in [1.29, 1.82) is 0 Å². The molecule has 0 atom stereocenters. The minimum Gasteiger partial charge on any atom is -0.497 e.